The number of benzene rings is 1. The normalized spacial score (nSPS) is 18.8. The van der Waals surface area contributed by atoms with Crippen LogP contribution in [0.15, 0.2) is 70.4 Å². The molecule has 0 fully saturated rings. The van der Waals surface area contributed by atoms with Crippen LogP contribution in [0.25, 0.3) is 0 Å². The molecule has 0 spiro atoms. The number of amides is 1. The molecule has 0 radical (unpaired) electrons. The van der Waals surface area contributed by atoms with Crippen LogP contribution in [0.3, 0.4) is 0 Å². The summed E-state index contributed by atoms with van der Waals surface area (Å²) in [6.07, 6.45) is 5.68. The van der Waals surface area contributed by atoms with Gasteiger partial charge < -0.3 is 19.9 Å². The SMILES string of the molecule is C[C@@H](O)CN(C[C@@H](O)[C@H](Cc1ccccc1)NC(=O)CC1C=CCC1)S(=O)(=O)c1ccco1. The summed E-state index contributed by atoms with van der Waals surface area (Å²) in [7, 11) is -4.08. The third-order valence-corrected chi connectivity index (χ3v) is 7.34. The summed E-state index contributed by atoms with van der Waals surface area (Å²) in [5, 5.41) is 23.6. The van der Waals surface area contributed by atoms with Crippen LogP contribution in [0, 0.1) is 5.92 Å². The molecule has 1 unspecified atom stereocenters. The minimum Gasteiger partial charge on any atom is -0.452 e. The highest BCUT2D eigenvalue weighted by molar-refractivity contribution is 7.89. The van der Waals surface area contributed by atoms with Crippen molar-refractivity contribution in [1.82, 2.24) is 9.62 Å². The topological polar surface area (TPSA) is 120 Å². The average molecular weight is 477 g/mol. The summed E-state index contributed by atoms with van der Waals surface area (Å²) in [6.45, 7) is 0.934. The first kappa shape index (κ1) is 25.2. The molecule has 1 aliphatic rings. The van der Waals surface area contributed by atoms with Crippen molar-refractivity contribution < 1.29 is 27.8 Å². The second-order valence-corrected chi connectivity index (χ2v) is 10.4. The van der Waals surface area contributed by atoms with E-state index in [4.69, 9.17) is 4.42 Å². The molecule has 180 valence electrons. The lowest BCUT2D eigenvalue weighted by Gasteiger charge is -2.30. The van der Waals surface area contributed by atoms with Gasteiger partial charge in [-0.05, 0) is 49.8 Å². The van der Waals surface area contributed by atoms with E-state index in [0.29, 0.717) is 12.8 Å². The van der Waals surface area contributed by atoms with Gasteiger partial charge in [0.1, 0.15) is 0 Å². The van der Waals surface area contributed by atoms with Crippen LogP contribution in [0.1, 0.15) is 31.7 Å². The Bertz CT molecular complexity index is 1000. The summed E-state index contributed by atoms with van der Waals surface area (Å²) >= 11 is 0. The van der Waals surface area contributed by atoms with Crippen LogP contribution in [-0.2, 0) is 21.2 Å². The van der Waals surface area contributed by atoms with E-state index >= 15 is 0 Å². The molecule has 8 nitrogen and oxygen atoms in total. The number of carbonyl (C=O) groups is 1. The van der Waals surface area contributed by atoms with Crippen LogP contribution in [0.2, 0.25) is 0 Å². The Morgan fingerprint density at radius 3 is 2.55 bits per heavy atom. The van der Waals surface area contributed by atoms with Gasteiger partial charge in [-0.25, -0.2) is 8.42 Å². The van der Waals surface area contributed by atoms with Crippen LogP contribution < -0.4 is 5.32 Å². The van der Waals surface area contributed by atoms with E-state index in [2.05, 4.69) is 11.4 Å². The molecule has 1 aliphatic carbocycles. The Hall–Kier alpha value is -2.46. The molecule has 9 heteroatoms. The highest BCUT2D eigenvalue weighted by atomic mass is 32.2. The highest BCUT2D eigenvalue weighted by Gasteiger charge is 2.33. The smallest absolute Gasteiger partial charge is 0.276 e. The van der Waals surface area contributed by atoms with Crippen molar-refractivity contribution in [1.29, 1.82) is 0 Å². The molecule has 33 heavy (non-hydrogen) atoms. The van der Waals surface area contributed by atoms with Gasteiger partial charge in [0.2, 0.25) is 11.0 Å². The van der Waals surface area contributed by atoms with Crippen LogP contribution in [0.4, 0.5) is 0 Å². The van der Waals surface area contributed by atoms with Crippen molar-refractivity contribution >= 4 is 15.9 Å². The number of hydrogen-bond acceptors (Lipinski definition) is 6. The zero-order valence-corrected chi connectivity index (χ0v) is 19.5. The zero-order valence-electron chi connectivity index (χ0n) is 18.7. The van der Waals surface area contributed by atoms with Gasteiger partial charge in [0.25, 0.3) is 10.0 Å². The second-order valence-electron chi connectivity index (χ2n) is 8.50. The third kappa shape index (κ3) is 7.26. The van der Waals surface area contributed by atoms with Gasteiger partial charge in [-0.15, -0.1) is 0 Å². The van der Waals surface area contributed by atoms with Gasteiger partial charge in [-0.1, -0.05) is 42.5 Å². The lowest BCUT2D eigenvalue weighted by Crippen LogP contribution is -2.51. The molecule has 2 aromatic rings. The number of aliphatic hydroxyl groups excluding tert-OH is 2. The van der Waals surface area contributed by atoms with E-state index in [0.717, 1.165) is 22.7 Å². The second kappa shape index (κ2) is 11.6. The van der Waals surface area contributed by atoms with Gasteiger partial charge in [0, 0.05) is 19.5 Å². The molecule has 0 saturated heterocycles. The third-order valence-electron chi connectivity index (χ3n) is 5.62. The number of rotatable bonds is 12. The number of hydrogen-bond donors (Lipinski definition) is 3. The first-order valence-electron chi connectivity index (χ1n) is 11.2. The molecule has 4 atom stereocenters. The van der Waals surface area contributed by atoms with Crippen molar-refractivity contribution in [3.05, 3.63) is 66.4 Å². The molecule has 0 saturated carbocycles. The quantitative estimate of drug-likeness (QED) is 0.404. The van der Waals surface area contributed by atoms with E-state index in [1.807, 2.05) is 36.4 Å². The van der Waals surface area contributed by atoms with Crippen molar-refractivity contribution in [2.45, 2.75) is 55.9 Å². The first-order valence-corrected chi connectivity index (χ1v) is 12.6. The number of nitrogens with one attached hydrogen (secondary N) is 1. The van der Waals surface area contributed by atoms with Gasteiger partial charge in [-0.3, -0.25) is 4.79 Å². The Balaban J connectivity index is 1.77. The Kier molecular flexibility index (Phi) is 8.85. The van der Waals surface area contributed by atoms with E-state index in [1.165, 1.54) is 25.3 Å². The molecular formula is C24H32N2O6S. The maximum absolute atomic E-state index is 13.0. The van der Waals surface area contributed by atoms with E-state index in [1.54, 1.807) is 0 Å². The molecule has 1 amide bonds. The van der Waals surface area contributed by atoms with E-state index < -0.39 is 28.3 Å². The predicted molar refractivity (Wildman–Crippen MR) is 124 cm³/mol. The molecule has 1 aromatic heterocycles. The first-order chi connectivity index (χ1) is 15.8. The van der Waals surface area contributed by atoms with Gasteiger partial charge in [-0.2, -0.15) is 4.31 Å². The fraction of sp³-hybridized carbons (Fsp3) is 0.458. The monoisotopic (exact) mass is 476 g/mol. The number of sulfonamides is 1. The molecule has 1 aromatic carbocycles. The lowest BCUT2D eigenvalue weighted by atomic mass is 9.99. The van der Waals surface area contributed by atoms with Gasteiger partial charge in [0.15, 0.2) is 0 Å². The largest absolute Gasteiger partial charge is 0.452 e. The van der Waals surface area contributed by atoms with Crippen LogP contribution >= 0.6 is 0 Å². The van der Waals surface area contributed by atoms with Crippen LogP contribution in [0.5, 0.6) is 0 Å². The maximum atomic E-state index is 13.0. The van der Waals surface area contributed by atoms with Crippen LogP contribution in [-0.4, -0.2) is 60.2 Å². The fourth-order valence-corrected chi connectivity index (χ4v) is 5.40. The predicted octanol–water partition coefficient (Wildman–Crippen LogP) is 2.10. The van der Waals surface area contributed by atoms with E-state index in [-0.39, 0.29) is 30.0 Å². The number of nitrogens with zero attached hydrogens (tertiary/aromatic N) is 1. The Morgan fingerprint density at radius 1 is 1.18 bits per heavy atom. The molecule has 3 N–H and O–H groups in total. The molecular weight excluding hydrogens is 444 g/mol. The summed E-state index contributed by atoms with van der Waals surface area (Å²) in [5.41, 5.74) is 0.901. The summed E-state index contributed by atoms with van der Waals surface area (Å²) < 4.78 is 32.1. The number of carbonyl (C=O) groups excluding carboxylic acids is 1. The maximum Gasteiger partial charge on any atom is 0.276 e. The Morgan fingerprint density at radius 2 is 1.94 bits per heavy atom. The Labute approximate surface area is 195 Å². The number of furan rings is 1. The lowest BCUT2D eigenvalue weighted by molar-refractivity contribution is -0.123. The molecule has 0 aliphatic heterocycles. The van der Waals surface area contributed by atoms with E-state index in [9.17, 15) is 23.4 Å². The van der Waals surface area contributed by atoms with Gasteiger partial charge >= 0.3 is 0 Å². The average Bonchev–Trinajstić information content (AvgIpc) is 3.48. The van der Waals surface area contributed by atoms with Gasteiger partial charge in [0.05, 0.1) is 24.5 Å². The molecule has 1 heterocycles. The van der Waals surface area contributed by atoms with Crippen molar-refractivity contribution in [2.75, 3.05) is 13.1 Å². The molecule has 0 bridgehead atoms. The number of aliphatic hydroxyl groups is 2. The summed E-state index contributed by atoms with van der Waals surface area (Å²) in [4.78, 5) is 12.7. The van der Waals surface area contributed by atoms with Crippen molar-refractivity contribution in [2.24, 2.45) is 5.92 Å². The zero-order chi connectivity index (χ0) is 23.8. The highest BCUT2D eigenvalue weighted by Crippen LogP contribution is 2.21. The minimum atomic E-state index is -4.08. The standard InChI is InChI=1S/C24H32N2O6S/c1-18(27)16-26(33(30,31)24-12-7-13-32-24)17-22(28)21(14-19-8-3-2-4-9-19)25-23(29)15-20-10-5-6-11-20/h2-5,7-10,12-13,18,20-22,27-28H,6,11,14-17H2,1H3,(H,25,29)/t18-,20?,21+,22-/m1/s1. The number of allylic oxidation sites excluding steroid dienone is 2. The molecule has 3 rings (SSSR count). The fourth-order valence-electron chi connectivity index (χ4n) is 3.96. The summed E-state index contributed by atoms with van der Waals surface area (Å²) in [6, 6.07) is 11.4. The minimum absolute atomic E-state index is 0.172. The van der Waals surface area contributed by atoms with Crippen molar-refractivity contribution in [3.63, 3.8) is 0 Å². The summed E-state index contributed by atoms with van der Waals surface area (Å²) in [5.74, 6) is -0.0203. The van der Waals surface area contributed by atoms with Crippen molar-refractivity contribution in [3.8, 4) is 0 Å².